The molecule has 32 heavy (non-hydrogen) atoms. The molecule has 0 spiro atoms. The predicted molar refractivity (Wildman–Crippen MR) is 110 cm³/mol. The smallest absolute Gasteiger partial charge is 0.475 e. The van der Waals surface area contributed by atoms with E-state index in [9.17, 15) is 17.6 Å². The number of alkyl halides is 3. The lowest BCUT2D eigenvalue weighted by molar-refractivity contribution is -0.192. The number of halogens is 4. The molecule has 0 saturated carbocycles. The van der Waals surface area contributed by atoms with Crippen LogP contribution in [-0.2, 0) is 11.3 Å². The predicted octanol–water partition coefficient (Wildman–Crippen LogP) is 4.03. The molecular formula is C21H22F4N4O3. The molecule has 0 aliphatic carbocycles. The molecular weight excluding hydrogens is 432 g/mol. The summed E-state index contributed by atoms with van der Waals surface area (Å²) in [6.07, 6.45) is -3.32. The number of carbonyl (C=O) groups is 1. The van der Waals surface area contributed by atoms with Crippen molar-refractivity contribution in [3.05, 3.63) is 66.1 Å². The Morgan fingerprint density at radius 1 is 1.22 bits per heavy atom. The zero-order valence-electron chi connectivity index (χ0n) is 17.1. The van der Waals surface area contributed by atoms with Crippen LogP contribution in [0.1, 0.15) is 5.56 Å². The highest BCUT2D eigenvalue weighted by atomic mass is 19.4. The van der Waals surface area contributed by atoms with E-state index in [1.165, 1.54) is 6.07 Å². The maximum Gasteiger partial charge on any atom is 0.490 e. The van der Waals surface area contributed by atoms with Crippen molar-refractivity contribution in [1.29, 1.82) is 0 Å². The Labute approximate surface area is 181 Å². The molecule has 0 unspecified atom stereocenters. The van der Waals surface area contributed by atoms with E-state index in [0.717, 1.165) is 23.4 Å². The fourth-order valence-electron chi connectivity index (χ4n) is 2.63. The SMILES string of the molecule is CN(CCN)Cc1cn[nH]c1-c1ccc(Oc2ccccc2)c(F)c1.O=C(O)C(F)(F)F. The van der Waals surface area contributed by atoms with Gasteiger partial charge < -0.3 is 20.5 Å². The highest BCUT2D eigenvalue weighted by molar-refractivity contribution is 5.73. The minimum absolute atomic E-state index is 0.191. The van der Waals surface area contributed by atoms with E-state index in [1.54, 1.807) is 24.4 Å². The number of aromatic nitrogens is 2. The van der Waals surface area contributed by atoms with Crippen molar-refractivity contribution in [1.82, 2.24) is 15.1 Å². The molecule has 0 atom stereocenters. The summed E-state index contributed by atoms with van der Waals surface area (Å²) < 4.78 is 51.8. The summed E-state index contributed by atoms with van der Waals surface area (Å²) in [6.45, 7) is 2.06. The number of ether oxygens (including phenoxy) is 1. The summed E-state index contributed by atoms with van der Waals surface area (Å²) in [5.74, 6) is -2.39. The fraction of sp³-hybridized carbons (Fsp3) is 0.238. The molecule has 1 aromatic heterocycles. The highest BCUT2D eigenvalue weighted by Gasteiger charge is 2.38. The van der Waals surface area contributed by atoms with E-state index in [-0.39, 0.29) is 5.75 Å². The number of nitrogens with zero attached hydrogens (tertiary/aromatic N) is 2. The van der Waals surface area contributed by atoms with E-state index < -0.39 is 18.0 Å². The van der Waals surface area contributed by atoms with Crippen LogP contribution >= 0.6 is 0 Å². The summed E-state index contributed by atoms with van der Waals surface area (Å²) >= 11 is 0. The summed E-state index contributed by atoms with van der Waals surface area (Å²) in [5, 5.41) is 14.2. The molecule has 172 valence electrons. The third kappa shape index (κ3) is 7.36. The van der Waals surface area contributed by atoms with Crippen molar-refractivity contribution in [2.75, 3.05) is 20.1 Å². The van der Waals surface area contributed by atoms with Crippen molar-refractivity contribution in [3.8, 4) is 22.8 Å². The number of rotatable bonds is 7. The van der Waals surface area contributed by atoms with E-state index in [0.29, 0.717) is 18.8 Å². The highest BCUT2D eigenvalue weighted by Crippen LogP contribution is 2.29. The Kier molecular flexibility index (Phi) is 8.73. The Morgan fingerprint density at radius 2 is 1.88 bits per heavy atom. The molecule has 0 bridgehead atoms. The van der Waals surface area contributed by atoms with Crippen LogP contribution in [0, 0.1) is 5.82 Å². The summed E-state index contributed by atoms with van der Waals surface area (Å²) in [5.41, 5.74) is 8.10. The van der Waals surface area contributed by atoms with Gasteiger partial charge in [0.15, 0.2) is 11.6 Å². The van der Waals surface area contributed by atoms with Gasteiger partial charge in [0, 0.05) is 30.8 Å². The zero-order valence-corrected chi connectivity index (χ0v) is 17.1. The minimum Gasteiger partial charge on any atom is -0.475 e. The Bertz CT molecular complexity index is 1010. The van der Waals surface area contributed by atoms with E-state index in [4.69, 9.17) is 20.4 Å². The summed E-state index contributed by atoms with van der Waals surface area (Å²) in [7, 11) is 1.99. The third-order valence-corrected chi connectivity index (χ3v) is 4.10. The van der Waals surface area contributed by atoms with Gasteiger partial charge >= 0.3 is 12.1 Å². The van der Waals surface area contributed by atoms with Crippen LogP contribution in [0.15, 0.2) is 54.7 Å². The van der Waals surface area contributed by atoms with Gasteiger partial charge in [0.25, 0.3) is 0 Å². The quantitative estimate of drug-likeness (QED) is 0.466. The Morgan fingerprint density at radius 3 is 2.44 bits per heavy atom. The first-order valence-electron chi connectivity index (χ1n) is 9.35. The number of H-pyrrole nitrogens is 1. The Hall–Kier alpha value is -3.44. The van der Waals surface area contributed by atoms with Gasteiger partial charge in [-0.25, -0.2) is 9.18 Å². The molecule has 11 heteroatoms. The first-order valence-corrected chi connectivity index (χ1v) is 9.35. The number of carboxylic acid groups (broad SMARTS) is 1. The monoisotopic (exact) mass is 454 g/mol. The van der Waals surface area contributed by atoms with Crippen LogP contribution in [0.5, 0.6) is 11.5 Å². The average molecular weight is 454 g/mol. The maximum absolute atomic E-state index is 14.5. The number of nitrogens with one attached hydrogen (secondary N) is 1. The molecule has 4 N–H and O–H groups in total. The number of hydrogen-bond acceptors (Lipinski definition) is 5. The second-order valence-electron chi connectivity index (χ2n) is 6.66. The van der Waals surface area contributed by atoms with Crippen LogP contribution in [0.2, 0.25) is 0 Å². The average Bonchev–Trinajstić information content (AvgIpc) is 3.18. The van der Waals surface area contributed by atoms with Gasteiger partial charge in [-0.2, -0.15) is 18.3 Å². The standard InChI is InChI=1S/C19H21FN4O.C2HF3O2/c1-24(10-9-21)13-15-12-22-23-19(15)14-7-8-18(17(20)11-14)25-16-5-3-2-4-6-16;3-2(4,5)1(6)7/h2-8,11-12H,9-10,13,21H2,1H3,(H,22,23);(H,6,7). The number of hydrogen-bond donors (Lipinski definition) is 3. The van der Waals surface area contributed by atoms with Crippen LogP contribution in [0.3, 0.4) is 0 Å². The van der Waals surface area contributed by atoms with Crippen molar-refractivity contribution in [2.45, 2.75) is 12.7 Å². The number of para-hydroxylation sites is 1. The zero-order chi connectivity index (χ0) is 23.7. The van der Waals surface area contributed by atoms with Crippen molar-refractivity contribution in [2.24, 2.45) is 5.73 Å². The second kappa shape index (κ2) is 11.3. The summed E-state index contributed by atoms with van der Waals surface area (Å²) in [6, 6.07) is 14.0. The molecule has 0 fully saturated rings. The molecule has 2 aromatic carbocycles. The lowest BCUT2D eigenvalue weighted by Crippen LogP contribution is -2.25. The number of likely N-dealkylation sites (N-methyl/N-ethyl adjacent to an activating group) is 1. The number of aromatic amines is 1. The van der Waals surface area contributed by atoms with Gasteiger partial charge in [-0.05, 0) is 37.4 Å². The molecule has 0 radical (unpaired) electrons. The molecule has 7 nitrogen and oxygen atoms in total. The Balaban J connectivity index is 0.000000451. The number of nitrogens with two attached hydrogens (primary N) is 1. The summed E-state index contributed by atoms with van der Waals surface area (Å²) in [4.78, 5) is 11.0. The molecule has 0 aliphatic heterocycles. The van der Waals surface area contributed by atoms with Gasteiger partial charge in [-0.3, -0.25) is 5.10 Å². The van der Waals surface area contributed by atoms with Crippen LogP contribution in [-0.4, -0.2) is 52.5 Å². The van der Waals surface area contributed by atoms with Crippen molar-refractivity contribution >= 4 is 5.97 Å². The lowest BCUT2D eigenvalue weighted by Gasteiger charge is -2.15. The minimum atomic E-state index is -5.08. The molecule has 0 aliphatic rings. The lowest BCUT2D eigenvalue weighted by atomic mass is 10.1. The van der Waals surface area contributed by atoms with Crippen LogP contribution < -0.4 is 10.5 Å². The largest absolute Gasteiger partial charge is 0.490 e. The van der Waals surface area contributed by atoms with Gasteiger partial charge in [0.2, 0.25) is 0 Å². The van der Waals surface area contributed by atoms with Crippen molar-refractivity contribution < 1.29 is 32.2 Å². The number of carboxylic acids is 1. The van der Waals surface area contributed by atoms with Gasteiger partial charge in [0.1, 0.15) is 5.75 Å². The van der Waals surface area contributed by atoms with E-state index in [1.807, 2.05) is 31.3 Å². The third-order valence-electron chi connectivity index (χ3n) is 4.10. The second-order valence-corrected chi connectivity index (χ2v) is 6.66. The van der Waals surface area contributed by atoms with Crippen LogP contribution in [0.25, 0.3) is 11.3 Å². The van der Waals surface area contributed by atoms with E-state index in [2.05, 4.69) is 15.1 Å². The molecule has 0 saturated heterocycles. The molecule has 0 amide bonds. The number of aliphatic carboxylic acids is 1. The molecule has 1 heterocycles. The first kappa shape index (κ1) is 24.8. The normalized spacial score (nSPS) is 11.1. The number of benzene rings is 2. The fourth-order valence-corrected chi connectivity index (χ4v) is 2.63. The van der Waals surface area contributed by atoms with Gasteiger partial charge in [-0.15, -0.1) is 0 Å². The first-order chi connectivity index (χ1) is 15.1. The van der Waals surface area contributed by atoms with Gasteiger partial charge in [0.05, 0.1) is 11.9 Å². The van der Waals surface area contributed by atoms with Crippen molar-refractivity contribution in [3.63, 3.8) is 0 Å². The molecule has 3 rings (SSSR count). The van der Waals surface area contributed by atoms with E-state index >= 15 is 0 Å². The van der Waals surface area contributed by atoms with Crippen LogP contribution in [0.4, 0.5) is 17.6 Å². The topological polar surface area (TPSA) is 104 Å². The maximum atomic E-state index is 14.5. The molecule has 3 aromatic rings. The van der Waals surface area contributed by atoms with Gasteiger partial charge in [-0.1, -0.05) is 18.2 Å².